The monoisotopic (exact) mass is 358 g/mol. The Morgan fingerprint density at radius 2 is 1.92 bits per heavy atom. The molecule has 1 aromatic heterocycles. The molecule has 1 aromatic carbocycles. The molecule has 3 rings (SSSR count). The van der Waals surface area contributed by atoms with Gasteiger partial charge >= 0.3 is 0 Å². The van der Waals surface area contributed by atoms with Crippen LogP contribution in [0.5, 0.6) is 0 Å². The van der Waals surface area contributed by atoms with Crippen LogP contribution in [0.15, 0.2) is 24.3 Å². The molecule has 1 aliphatic rings. The highest BCUT2D eigenvalue weighted by Gasteiger charge is 2.22. The van der Waals surface area contributed by atoms with E-state index in [1.807, 2.05) is 31.2 Å². The first-order valence-corrected chi connectivity index (χ1v) is 10.2. The second-order valence-corrected chi connectivity index (χ2v) is 7.88. The Morgan fingerprint density at radius 3 is 2.60 bits per heavy atom. The van der Waals surface area contributed by atoms with E-state index in [4.69, 9.17) is 9.97 Å². The lowest BCUT2D eigenvalue weighted by molar-refractivity contribution is -0.115. The van der Waals surface area contributed by atoms with Crippen LogP contribution >= 0.6 is 11.8 Å². The van der Waals surface area contributed by atoms with E-state index >= 15 is 0 Å². The lowest BCUT2D eigenvalue weighted by Gasteiger charge is -2.21. The molecule has 1 atom stereocenters. The quantitative estimate of drug-likeness (QED) is 0.756. The number of aromatic nitrogens is 2. The van der Waals surface area contributed by atoms with E-state index in [-0.39, 0.29) is 11.2 Å². The summed E-state index contributed by atoms with van der Waals surface area (Å²) in [6.07, 6.45) is 4.60. The molecule has 134 valence electrons. The zero-order valence-corrected chi connectivity index (χ0v) is 15.8. The molecular weight excluding hydrogens is 332 g/mol. The molecule has 0 bridgehead atoms. The first-order chi connectivity index (χ1) is 12.2. The van der Waals surface area contributed by atoms with Crippen LogP contribution in [0.3, 0.4) is 0 Å². The summed E-state index contributed by atoms with van der Waals surface area (Å²) in [5, 5.41) is 2.94. The number of carbonyl (C=O) groups excluding carboxylic acids is 1. The van der Waals surface area contributed by atoms with Crippen LogP contribution in [0.25, 0.3) is 11.0 Å². The number of nitrogens with one attached hydrogen (secondary N) is 1. The smallest absolute Gasteiger partial charge is 0.238 e. The van der Waals surface area contributed by atoms with Gasteiger partial charge in [-0.05, 0) is 44.1 Å². The van der Waals surface area contributed by atoms with Crippen molar-refractivity contribution in [3.63, 3.8) is 0 Å². The molecule has 2 heterocycles. The Morgan fingerprint density at radius 1 is 1.24 bits per heavy atom. The number of para-hydroxylation sites is 2. The topological polar surface area (TPSA) is 58.1 Å². The number of hydrogen-bond donors (Lipinski definition) is 1. The first-order valence-electron chi connectivity index (χ1n) is 9.13. The Kier molecular flexibility index (Phi) is 6.13. The minimum absolute atomic E-state index is 0.00568. The minimum atomic E-state index is -0.0914. The Balaban J connectivity index is 1.83. The van der Waals surface area contributed by atoms with Gasteiger partial charge in [-0.3, -0.25) is 4.79 Å². The predicted octanol–water partition coefficient (Wildman–Crippen LogP) is 4.09. The van der Waals surface area contributed by atoms with E-state index < -0.39 is 0 Å². The van der Waals surface area contributed by atoms with Gasteiger partial charge in [0.25, 0.3) is 0 Å². The molecule has 1 unspecified atom stereocenters. The first kappa shape index (κ1) is 18.0. The molecular formula is C19H26N4OS. The van der Waals surface area contributed by atoms with Crippen molar-refractivity contribution in [3.05, 3.63) is 24.3 Å². The average molecular weight is 359 g/mol. The highest BCUT2D eigenvalue weighted by atomic mass is 32.2. The number of rotatable bonds is 7. The van der Waals surface area contributed by atoms with Crippen LogP contribution < -0.4 is 10.2 Å². The van der Waals surface area contributed by atoms with Crippen molar-refractivity contribution < 1.29 is 4.79 Å². The molecule has 1 N–H and O–H groups in total. The van der Waals surface area contributed by atoms with Crippen molar-refractivity contribution in [3.8, 4) is 0 Å². The van der Waals surface area contributed by atoms with Crippen LogP contribution in [0.1, 0.15) is 39.5 Å². The van der Waals surface area contributed by atoms with E-state index in [1.165, 1.54) is 0 Å². The number of anilines is 2. The number of nitrogens with zero attached hydrogens (tertiary/aromatic N) is 3. The predicted molar refractivity (Wildman–Crippen MR) is 106 cm³/mol. The van der Waals surface area contributed by atoms with Gasteiger partial charge in [0.15, 0.2) is 11.6 Å². The third kappa shape index (κ3) is 4.42. The van der Waals surface area contributed by atoms with Crippen LogP contribution in [0, 0.1) is 0 Å². The molecule has 0 saturated carbocycles. The lowest BCUT2D eigenvalue weighted by Crippen LogP contribution is -2.27. The Hall–Kier alpha value is -1.82. The van der Waals surface area contributed by atoms with Gasteiger partial charge in [-0.25, -0.2) is 9.97 Å². The number of amides is 1. The molecule has 2 aromatic rings. The standard InChI is InChI=1S/C19H26N4OS/c1-3-4-13-25-14(2)19(24)22-17-18(23-11-7-8-12-23)21-16-10-6-5-9-15(16)20-17/h5-6,9-10,14H,3-4,7-8,11-13H2,1-2H3,(H,20,22,24). The second kappa shape index (κ2) is 8.52. The van der Waals surface area contributed by atoms with E-state index in [0.29, 0.717) is 5.82 Å². The number of fused-ring (bicyclic) bond motifs is 1. The van der Waals surface area contributed by atoms with Crippen molar-refractivity contribution in [2.75, 3.05) is 29.1 Å². The highest BCUT2D eigenvalue weighted by molar-refractivity contribution is 8.00. The summed E-state index contributed by atoms with van der Waals surface area (Å²) in [5.41, 5.74) is 1.68. The van der Waals surface area contributed by atoms with Crippen molar-refractivity contribution >= 4 is 40.3 Å². The Bertz CT molecular complexity index is 730. The van der Waals surface area contributed by atoms with E-state index in [2.05, 4.69) is 17.1 Å². The molecule has 1 saturated heterocycles. The number of unbranched alkanes of at least 4 members (excludes halogenated alkanes) is 1. The van der Waals surface area contributed by atoms with Crippen molar-refractivity contribution in [2.24, 2.45) is 0 Å². The maximum atomic E-state index is 12.6. The van der Waals surface area contributed by atoms with Gasteiger partial charge in [-0.15, -0.1) is 11.8 Å². The maximum Gasteiger partial charge on any atom is 0.238 e. The second-order valence-electron chi connectivity index (χ2n) is 6.43. The van der Waals surface area contributed by atoms with Crippen molar-refractivity contribution in [1.29, 1.82) is 0 Å². The van der Waals surface area contributed by atoms with Gasteiger partial charge in [-0.1, -0.05) is 25.5 Å². The van der Waals surface area contributed by atoms with Gasteiger partial charge in [0.05, 0.1) is 16.3 Å². The van der Waals surface area contributed by atoms with Gasteiger partial charge in [0, 0.05) is 13.1 Å². The summed E-state index contributed by atoms with van der Waals surface area (Å²) < 4.78 is 0. The SMILES string of the molecule is CCCCSC(C)C(=O)Nc1nc2ccccc2nc1N1CCCC1. The molecule has 5 nitrogen and oxygen atoms in total. The van der Waals surface area contributed by atoms with Crippen LogP contribution in [0.2, 0.25) is 0 Å². The fraction of sp³-hybridized carbons (Fsp3) is 0.526. The van der Waals surface area contributed by atoms with Gasteiger partial charge in [0.1, 0.15) is 0 Å². The summed E-state index contributed by atoms with van der Waals surface area (Å²) in [7, 11) is 0. The molecule has 0 aliphatic carbocycles. The molecule has 6 heteroatoms. The summed E-state index contributed by atoms with van der Waals surface area (Å²) in [4.78, 5) is 24.3. The zero-order valence-electron chi connectivity index (χ0n) is 15.0. The Labute approximate surface area is 153 Å². The third-order valence-corrected chi connectivity index (χ3v) is 5.67. The van der Waals surface area contributed by atoms with E-state index in [0.717, 1.165) is 61.4 Å². The fourth-order valence-electron chi connectivity index (χ4n) is 2.92. The molecule has 25 heavy (non-hydrogen) atoms. The number of hydrogen-bond acceptors (Lipinski definition) is 5. The third-order valence-electron chi connectivity index (χ3n) is 4.43. The highest BCUT2D eigenvalue weighted by Crippen LogP contribution is 2.28. The van der Waals surface area contributed by atoms with Gasteiger partial charge < -0.3 is 10.2 Å². The molecule has 0 radical (unpaired) electrons. The molecule has 1 aliphatic heterocycles. The summed E-state index contributed by atoms with van der Waals surface area (Å²) in [6, 6.07) is 7.82. The van der Waals surface area contributed by atoms with E-state index in [9.17, 15) is 4.79 Å². The maximum absolute atomic E-state index is 12.6. The van der Waals surface area contributed by atoms with E-state index in [1.54, 1.807) is 11.8 Å². The largest absolute Gasteiger partial charge is 0.354 e. The normalized spacial score (nSPS) is 15.5. The zero-order chi connectivity index (χ0) is 17.6. The molecule has 0 spiro atoms. The summed E-state index contributed by atoms with van der Waals surface area (Å²) in [5.74, 6) is 2.41. The number of thioether (sulfide) groups is 1. The van der Waals surface area contributed by atoms with Crippen LogP contribution in [-0.4, -0.2) is 40.0 Å². The molecule has 1 fully saturated rings. The van der Waals surface area contributed by atoms with Gasteiger partial charge in [0.2, 0.25) is 5.91 Å². The summed E-state index contributed by atoms with van der Waals surface area (Å²) >= 11 is 1.70. The minimum Gasteiger partial charge on any atom is -0.354 e. The van der Waals surface area contributed by atoms with Crippen LogP contribution in [-0.2, 0) is 4.79 Å². The fourth-order valence-corrected chi connectivity index (χ4v) is 3.94. The number of benzene rings is 1. The summed E-state index contributed by atoms with van der Waals surface area (Å²) in [6.45, 7) is 6.06. The number of carbonyl (C=O) groups is 1. The lowest BCUT2D eigenvalue weighted by atomic mass is 10.3. The van der Waals surface area contributed by atoms with Crippen molar-refractivity contribution in [1.82, 2.24) is 9.97 Å². The molecule has 1 amide bonds. The average Bonchev–Trinajstić information content (AvgIpc) is 3.15. The van der Waals surface area contributed by atoms with Crippen molar-refractivity contribution in [2.45, 2.75) is 44.8 Å². The van der Waals surface area contributed by atoms with Crippen LogP contribution in [0.4, 0.5) is 11.6 Å². The van der Waals surface area contributed by atoms with Gasteiger partial charge in [-0.2, -0.15) is 0 Å².